The van der Waals surface area contributed by atoms with E-state index in [9.17, 15) is 9.90 Å². The summed E-state index contributed by atoms with van der Waals surface area (Å²) in [6.45, 7) is 8.62. The molecule has 0 aliphatic carbocycles. The molecule has 0 radical (unpaired) electrons. The summed E-state index contributed by atoms with van der Waals surface area (Å²) >= 11 is 7.23. The number of thioether (sulfide) groups is 1. The van der Waals surface area contributed by atoms with Gasteiger partial charge in [0.05, 0.1) is 25.1 Å². The molecule has 0 spiro atoms. The standard InChI is InChI=1S/C23H27ClN6O2S/c1-4-29(5-2)19-12-9-17(20(31)13-19)14-25-26-21(32)15-33-23-28-27-22(30(23)6-3)16-7-10-18(24)11-8-16/h7-14,31H,4-6,15H2,1-3H3,(H,26,32). The summed E-state index contributed by atoms with van der Waals surface area (Å²) in [6.07, 6.45) is 1.37. The molecule has 0 aliphatic rings. The van der Waals surface area contributed by atoms with Crippen LogP contribution in [0.15, 0.2) is 52.7 Å². The van der Waals surface area contributed by atoms with E-state index in [-0.39, 0.29) is 17.4 Å². The molecule has 0 aliphatic heterocycles. The highest BCUT2D eigenvalue weighted by Crippen LogP contribution is 2.25. The fraction of sp³-hybridized carbons (Fsp3) is 0.304. The molecule has 0 saturated carbocycles. The Morgan fingerprint density at radius 2 is 1.91 bits per heavy atom. The Labute approximate surface area is 202 Å². The summed E-state index contributed by atoms with van der Waals surface area (Å²) in [7, 11) is 0. The van der Waals surface area contributed by atoms with E-state index in [1.54, 1.807) is 24.3 Å². The highest BCUT2D eigenvalue weighted by molar-refractivity contribution is 7.99. The first-order valence-corrected chi connectivity index (χ1v) is 12.1. The van der Waals surface area contributed by atoms with Gasteiger partial charge in [0.25, 0.3) is 5.91 Å². The predicted octanol–water partition coefficient (Wildman–Crippen LogP) is 2.49. The average Bonchev–Trinajstić information content (AvgIpc) is 3.23. The predicted molar refractivity (Wildman–Crippen MR) is 130 cm³/mol. The second kappa shape index (κ2) is 11.8. The zero-order valence-corrected chi connectivity index (χ0v) is 20.4. The zero-order valence-electron chi connectivity index (χ0n) is 18.8. The van der Waals surface area contributed by atoms with Crippen LogP contribution in [0.4, 0.5) is 5.69 Å². The summed E-state index contributed by atoms with van der Waals surface area (Å²) < 4.78 is 1.94. The molecule has 2 aromatic carbocycles. The molecule has 8 nitrogen and oxygen atoms in total. The number of halogens is 1. The highest BCUT2D eigenvalue weighted by Gasteiger charge is 2.14. The Morgan fingerprint density at radius 3 is 2.55 bits per heavy atom. The van der Waals surface area contributed by atoms with E-state index in [1.807, 2.05) is 29.7 Å². The number of nitrogens with one attached hydrogen (secondary N) is 2. The lowest BCUT2D eigenvalue weighted by atomic mass is 10.2. The summed E-state index contributed by atoms with van der Waals surface area (Å²) in [5, 5.41) is 26.0. The lowest BCUT2D eigenvalue weighted by Gasteiger charge is -2.18. The number of carbonyl (C=O) groups is 1. The number of rotatable bonds is 10. The minimum absolute atomic E-state index is 0.116. The maximum Gasteiger partial charge on any atom is 0.250 e. The number of hydrogen-bond acceptors (Lipinski definition) is 6. The molecular formula is C23H27ClN6O2S. The van der Waals surface area contributed by atoms with E-state index in [4.69, 9.17) is 11.6 Å². The van der Waals surface area contributed by atoms with Gasteiger partial charge in [0.1, 0.15) is 5.69 Å². The van der Waals surface area contributed by atoms with Crippen LogP contribution in [0.1, 0.15) is 26.3 Å². The fourth-order valence-corrected chi connectivity index (χ4v) is 4.27. The van der Waals surface area contributed by atoms with Crippen LogP contribution in [0.3, 0.4) is 0 Å². The maximum absolute atomic E-state index is 12.3. The van der Waals surface area contributed by atoms with Crippen LogP contribution in [0.2, 0.25) is 5.02 Å². The third-order valence-electron chi connectivity index (χ3n) is 5.14. The quantitative estimate of drug-likeness (QED) is 0.260. The van der Waals surface area contributed by atoms with Gasteiger partial charge in [-0.05, 0) is 68.8 Å². The molecule has 0 unspecified atom stereocenters. The number of aromatic nitrogens is 3. The van der Waals surface area contributed by atoms with Crippen LogP contribution >= 0.6 is 23.4 Å². The van der Waals surface area contributed by atoms with Crippen molar-refractivity contribution in [3.05, 3.63) is 53.1 Å². The van der Waals surface area contributed by atoms with Gasteiger partial charge in [-0.3, -0.25) is 4.79 Å². The van der Waals surface area contributed by atoms with Crippen LogP contribution in [0, 0.1) is 0 Å². The number of carbonyl (C=O) groups excluding carboxylic acids is 1. The Hall–Kier alpha value is -2.88. The average molecular weight is 487 g/mol. The summed E-state index contributed by atoms with van der Waals surface area (Å²) in [5.74, 6) is 0.412. The minimum Gasteiger partial charge on any atom is -0.872 e. The molecule has 0 fully saturated rings. The van der Waals surface area contributed by atoms with Gasteiger partial charge in [-0.2, -0.15) is 5.10 Å². The molecule has 2 N–H and O–H groups in total. The Kier molecular flexibility index (Phi) is 8.87. The molecule has 1 heterocycles. The van der Waals surface area contributed by atoms with E-state index in [1.165, 1.54) is 22.9 Å². The molecule has 10 heteroatoms. The Bertz CT molecular complexity index is 1110. The van der Waals surface area contributed by atoms with E-state index < -0.39 is 0 Å². The second-order valence-corrected chi connectivity index (χ2v) is 8.58. The fourth-order valence-electron chi connectivity index (χ4n) is 3.35. The van der Waals surface area contributed by atoms with Crippen LogP contribution in [0.5, 0.6) is 5.75 Å². The van der Waals surface area contributed by atoms with Crippen molar-refractivity contribution in [2.24, 2.45) is 5.10 Å². The monoisotopic (exact) mass is 486 g/mol. The second-order valence-electron chi connectivity index (χ2n) is 7.20. The first-order chi connectivity index (χ1) is 16.0. The Morgan fingerprint density at radius 1 is 1.18 bits per heavy atom. The number of hydrogen-bond donors (Lipinski definition) is 2. The van der Waals surface area contributed by atoms with Crippen molar-refractivity contribution in [2.75, 3.05) is 18.8 Å². The molecule has 0 bridgehead atoms. The van der Waals surface area contributed by atoms with Gasteiger partial charge in [0.15, 0.2) is 11.0 Å². The lowest BCUT2D eigenvalue weighted by Crippen LogP contribution is -3.06. The van der Waals surface area contributed by atoms with Gasteiger partial charge in [0, 0.05) is 17.1 Å². The van der Waals surface area contributed by atoms with Crippen molar-refractivity contribution in [3.8, 4) is 17.1 Å². The zero-order chi connectivity index (χ0) is 23.8. The largest absolute Gasteiger partial charge is 0.872 e. The van der Waals surface area contributed by atoms with Crippen molar-refractivity contribution in [3.63, 3.8) is 0 Å². The molecule has 1 aromatic heterocycles. The summed E-state index contributed by atoms with van der Waals surface area (Å²) in [5.41, 5.74) is 4.75. The van der Waals surface area contributed by atoms with Gasteiger partial charge in [0.2, 0.25) is 0 Å². The smallest absolute Gasteiger partial charge is 0.250 e. The summed E-state index contributed by atoms with van der Waals surface area (Å²) in [4.78, 5) is 13.5. The van der Waals surface area contributed by atoms with Crippen LogP contribution in [-0.2, 0) is 11.3 Å². The minimum atomic E-state index is -0.299. The first-order valence-electron chi connectivity index (χ1n) is 10.8. The number of hydrazone groups is 1. The normalized spacial score (nSPS) is 11.4. The molecule has 33 heavy (non-hydrogen) atoms. The third kappa shape index (κ3) is 6.34. The number of benzene rings is 2. The van der Waals surface area contributed by atoms with Crippen molar-refractivity contribution in [2.45, 2.75) is 32.5 Å². The third-order valence-corrected chi connectivity index (χ3v) is 6.35. The molecule has 0 atom stereocenters. The lowest BCUT2D eigenvalue weighted by molar-refractivity contribution is -0.828. The van der Waals surface area contributed by atoms with Crippen molar-refractivity contribution in [1.82, 2.24) is 20.2 Å². The maximum atomic E-state index is 12.3. The molecule has 3 aromatic rings. The van der Waals surface area contributed by atoms with Crippen molar-refractivity contribution < 1.29 is 14.8 Å². The van der Waals surface area contributed by atoms with Gasteiger partial charge >= 0.3 is 0 Å². The van der Waals surface area contributed by atoms with Gasteiger partial charge < -0.3 is 14.6 Å². The van der Waals surface area contributed by atoms with E-state index >= 15 is 0 Å². The topological polar surface area (TPSA) is 99.7 Å². The number of nitrogens with zero attached hydrogens (tertiary/aromatic N) is 4. The molecule has 174 valence electrons. The van der Waals surface area contributed by atoms with E-state index in [2.05, 4.69) is 34.6 Å². The van der Waals surface area contributed by atoms with Gasteiger partial charge in [-0.15, -0.1) is 10.2 Å². The summed E-state index contributed by atoms with van der Waals surface area (Å²) in [6, 6.07) is 12.6. The van der Waals surface area contributed by atoms with Gasteiger partial charge in [-0.25, -0.2) is 5.43 Å². The highest BCUT2D eigenvalue weighted by atomic mass is 35.5. The van der Waals surface area contributed by atoms with Gasteiger partial charge in [-0.1, -0.05) is 29.1 Å². The van der Waals surface area contributed by atoms with Crippen molar-refractivity contribution >= 4 is 41.2 Å². The molecule has 3 rings (SSSR count). The molecule has 1 amide bonds. The number of quaternary nitrogens is 1. The molecule has 0 saturated heterocycles. The van der Waals surface area contributed by atoms with Crippen LogP contribution < -0.4 is 15.4 Å². The Balaban J connectivity index is 1.58. The van der Waals surface area contributed by atoms with E-state index in [0.29, 0.717) is 28.1 Å². The SMILES string of the molecule is CCn1c(SCC(=O)NN=Cc2ccc([NH+](CC)CC)cc2[O-])nnc1-c1ccc(Cl)cc1. The van der Waals surface area contributed by atoms with Crippen LogP contribution in [-0.4, -0.2) is 45.7 Å². The van der Waals surface area contributed by atoms with Crippen molar-refractivity contribution in [1.29, 1.82) is 0 Å². The van der Waals surface area contributed by atoms with Crippen LogP contribution in [0.25, 0.3) is 11.4 Å². The first kappa shape index (κ1) is 24.8. The molecular weight excluding hydrogens is 460 g/mol. The number of amides is 1. The van der Waals surface area contributed by atoms with E-state index in [0.717, 1.165) is 24.3 Å².